The monoisotopic (exact) mass is 516 g/mol. The van der Waals surface area contributed by atoms with Crippen molar-refractivity contribution >= 4 is 11.9 Å². The Morgan fingerprint density at radius 2 is 1.76 bits per heavy atom. The lowest BCUT2D eigenvalue weighted by molar-refractivity contribution is -0.246. The fourth-order valence-corrected chi connectivity index (χ4v) is 5.73. The number of hydrogen-bond acceptors (Lipinski definition) is 5. The van der Waals surface area contributed by atoms with Crippen LogP contribution in [0.4, 0.5) is 13.2 Å². The minimum absolute atomic E-state index is 0.0807. The van der Waals surface area contributed by atoms with Gasteiger partial charge in [-0.2, -0.15) is 13.2 Å². The van der Waals surface area contributed by atoms with Crippen molar-refractivity contribution < 1.29 is 32.2 Å². The van der Waals surface area contributed by atoms with Gasteiger partial charge in [0.1, 0.15) is 0 Å². The molecule has 1 spiro atoms. The zero-order chi connectivity index (χ0) is 26.2. The SMILES string of the molecule is CCOC(=O)c1ccc(CN2CCC3(CC2)OCC3N(C(=O)C(F)(F)F)[C@@H]2C[C@H]2c2ccccc2)cc1. The van der Waals surface area contributed by atoms with Crippen molar-refractivity contribution in [3.05, 3.63) is 71.3 Å². The van der Waals surface area contributed by atoms with Gasteiger partial charge < -0.3 is 14.4 Å². The third kappa shape index (κ3) is 5.25. The van der Waals surface area contributed by atoms with Crippen LogP contribution < -0.4 is 0 Å². The highest BCUT2D eigenvalue weighted by Gasteiger charge is 2.62. The van der Waals surface area contributed by atoms with Gasteiger partial charge in [0.25, 0.3) is 0 Å². The zero-order valence-electron chi connectivity index (χ0n) is 20.7. The Morgan fingerprint density at radius 3 is 2.32 bits per heavy atom. The molecule has 2 aliphatic heterocycles. The lowest BCUT2D eigenvalue weighted by Crippen LogP contribution is -2.70. The molecule has 9 heteroatoms. The van der Waals surface area contributed by atoms with E-state index in [1.165, 1.54) is 0 Å². The molecule has 1 unspecified atom stereocenters. The van der Waals surface area contributed by atoms with E-state index >= 15 is 0 Å². The number of hydrogen-bond donors (Lipinski definition) is 0. The van der Waals surface area contributed by atoms with E-state index in [1.807, 2.05) is 42.5 Å². The number of likely N-dealkylation sites (tertiary alicyclic amines) is 1. The fraction of sp³-hybridized carbons (Fsp3) is 0.500. The largest absolute Gasteiger partial charge is 0.471 e. The van der Waals surface area contributed by atoms with E-state index < -0.39 is 29.8 Å². The molecule has 0 bridgehead atoms. The lowest BCUT2D eigenvalue weighted by Gasteiger charge is -2.57. The number of ether oxygens (including phenoxy) is 2. The van der Waals surface area contributed by atoms with Crippen LogP contribution in [0, 0.1) is 0 Å². The number of alkyl halides is 3. The Labute approximate surface area is 214 Å². The van der Waals surface area contributed by atoms with Crippen LogP contribution in [0.5, 0.6) is 0 Å². The van der Waals surface area contributed by atoms with Crippen LogP contribution in [-0.4, -0.2) is 71.8 Å². The molecule has 2 saturated heterocycles. The van der Waals surface area contributed by atoms with Gasteiger partial charge in [-0.3, -0.25) is 9.69 Å². The Hall–Kier alpha value is -2.91. The van der Waals surface area contributed by atoms with Crippen LogP contribution in [0.15, 0.2) is 54.6 Å². The van der Waals surface area contributed by atoms with Crippen molar-refractivity contribution in [3.63, 3.8) is 0 Å². The molecule has 1 amide bonds. The number of halogens is 3. The predicted octanol–water partition coefficient (Wildman–Crippen LogP) is 4.54. The maximum atomic E-state index is 13.6. The molecule has 6 nitrogen and oxygen atoms in total. The van der Waals surface area contributed by atoms with Crippen molar-refractivity contribution in [2.45, 2.75) is 62.5 Å². The van der Waals surface area contributed by atoms with Gasteiger partial charge in [0.2, 0.25) is 0 Å². The molecule has 2 heterocycles. The van der Waals surface area contributed by atoms with Crippen LogP contribution in [0.25, 0.3) is 0 Å². The number of rotatable bonds is 7. The fourth-order valence-electron chi connectivity index (χ4n) is 5.73. The maximum absolute atomic E-state index is 13.6. The number of benzene rings is 2. The summed E-state index contributed by atoms with van der Waals surface area (Å²) in [5, 5.41) is 0. The highest BCUT2D eigenvalue weighted by Crippen LogP contribution is 2.51. The van der Waals surface area contributed by atoms with Crippen molar-refractivity contribution in [2.75, 3.05) is 26.3 Å². The molecular formula is C28H31F3N2O4. The summed E-state index contributed by atoms with van der Waals surface area (Å²) in [6.07, 6.45) is -3.27. The molecule has 1 saturated carbocycles. The topological polar surface area (TPSA) is 59.1 Å². The van der Waals surface area contributed by atoms with Gasteiger partial charge in [-0.1, -0.05) is 42.5 Å². The van der Waals surface area contributed by atoms with Gasteiger partial charge in [0, 0.05) is 31.6 Å². The Balaban J connectivity index is 1.24. The Kier molecular flexibility index (Phi) is 7.02. The van der Waals surface area contributed by atoms with E-state index in [0.717, 1.165) is 16.0 Å². The molecule has 198 valence electrons. The van der Waals surface area contributed by atoms with Crippen LogP contribution in [0.2, 0.25) is 0 Å². The van der Waals surface area contributed by atoms with E-state index in [1.54, 1.807) is 19.1 Å². The van der Waals surface area contributed by atoms with Gasteiger partial charge in [0.05, 0.1) is 30.4 Å². The first-order valence-corrected chi connectivity index (χ1v) is 12.8. The average Bonchev–Trinajstić information content (AvgIpc) is 3.68. The van der Waals surface area contributed by atoms with Crippen molar-refractivity contribution in [3.8, 4) is 0 Å². The number of nitrogens with zero attached hydrogens (tertiary/aromatic N) is 2. The second-order valence-corrected chi connectivity index (χ2v) is 10.1. The molecule has 0 N–H and O–H groups in total. The summed E-state index contributed by atoms with van der Waals surface area (Å²) < 4.78 is 51.9. The quantitative estimate of drug-likeness (QED) is 0.506. The summed E-state index contributed by atoms with van der Waals surface area (Å²) >= 11 is 0. The van der Waals surface area contributed by atoms with E-state index in [4.69, 9.17) is 9.47 Å². The average molecular weight is 517 g/mol. The number of amides is 1. The van der Waals surface area contributed by atoms with E-state index in [0.29, 0.717) is 51.1 Å². The van der Waals surface area contributed by atoms with Crippen LogP contribution >= 0.6 is 0 Å². The summed E-state index contributed by atoms with van der Waals surface area (Å²) in [6.45, 7) is 4.17. The highest BCUT2D eigenvalue weighted by atomic mass is 19.4. The van der Waals surface area contributed by atoms with E-state index in [-0.39, 0.29) is 18.5 Å². The molecule has 0 aromatic heterocycles. The summed E-state index contributed by atoms with van der Waals surface area (Å²) in [5.41, 5.74) is 1.75. The van der Waals surface area contributed by atoms with Gasteiger partial charge >= 0.3 is 18.1 Å². The molecular weight excluding hydrogens is 485 g/mol. The molecule has 37 heavy (non-hydrogen) atoms. The standard InChI is InChI=1S/C28H31F3N2O4/c1-2-36-25(34)21-10-8-19(9-11-21)17-32-14-12-27(13-15-32)24(18-37-27)33(26(35)28(29,30)31)23-16-22(23)20-6-4-3-5-7-20/h3-11,22-24H,2,12-18H2,1H3/t22-,23+,24?/m0/s1. The van der Waals surface area contributed by atoms with E-state index in [9.17, 15) is 22.8 Å². The van der Waals surface area contributed by atoms with Gasteiger partial charge in [-0.15, -0.1) is 0 Å². The molecule has 5 rings (SSSR count). The Bertz CT molecular complexity index is 1110. The third-order valence-electron chi connectivity index (χ3n) is 7.86. The maximum Gasteiger partial charge on any atom is 0.471 e. The van der Waals surface area contributed by atoms with Gasteiger partial charge in [0.15, 0.2) is 0 Å². The normalized spacial score (nSPS) is 24.8. The number of carbonyl (C=O) groups excluding carboxylic acids is 2. The Morgan fingerprint density at radius 1 is 1.08 bits per heavy atom. The molecule has 0 radical (unpaired) electrons. The number of piperidine rings is 1. The second kappa shape index (κ2) is 10.1. The predicted molar refractivity (Wildman–Crippen MR) is 130 cm³/mol. The van der Waals surface area contributed by atoms with Crippen molar-refractivity contribution in [1.29, 1.82) is 0 Å². The second-order valence-electron chi connectivity index (χ2n) is 10.1. The first-order chi connectivity index (χ1) is 17.7. The first-order valence-electron chi connectivity index (χ1n) is 12.8. The zero-order valence-corrected chi connectivity index (χ0v) is 20.7. The smallest absolute Gasteiger partial charge is 0.462 e. The van der Waals surface area contributed by atoms with Crippen LogP contribution in [0.3, 0.4) is 0 Å². The molecule has 1 aliphatic carbocycles. The third-order valence-corrected chi connectivity index (χ3v) is 7.86. The summed E-state index contributed by atoms with van der Waals surface area (Å²) in [6, 6.07) is 15.6. The molecule has 2 aromatic rings. The highest BCUT2D eigenvalue weighted by molar-refractivity contribution is 5.89. The van der Waals surface area contributed by atoms with Crippen molar-refractivity contribution in [1.82, 2.24) is 9.80 Å². The minimum atomic E-state index is -4.92. The van der Waals surface area contributed by atoms with Crippen molar-refractivity contribution in [2.24, 2.45) is 0 Å². The van der Waals surface area contributed by atoms with Gasteiger partial charge in [-0.25, -0.2) is 4.79 Å². The van der Waals surface area contributed by atoms with Gasteiger partial charge in [-0.05, 0) is 49.4 Å². The molecule has 3 aliphatic rings. The van der Waals surface area contributed by atoms with E-state index in [2.05, 4.69) is 4.90 Å². The minimum Gasteiger partial charge on any atom is -0.462 e. The molecule has 3 atom stereocenters. The lowest BCUT2D eigenvalue weighted by atomic mass is 9.78. The molecule has 3 fully saturated rings. The molecule has 2 aromatic carbocycles. The first kappa shape index (κ1) is 25.7. The summed E-state index contributed by atoms with van der Waals surface area (Å²) in [7, 11) is 0. The van der Waals surface area contributed by atoms with Crippen LogP contribution in [-0.2, 0) is 20.8 Å². The van der Waals surface area contributed by atoms with Crippen LogP contribution in [0.1, 0.15) is 53.6 Å². The number of esters is 1. The number of carbonyl (C=O) groups is 2. The summed E-state index contributed by atoms with van der Waals surface area (Å²) in [4.78, 5) is 27.8. The summed E-state index contributed by atoms with van der Waals surface area (Å²) in [5.74, 6) is -2.19.